The third kappa shape index (κ3) is 5.39. The van der Waals surface area contributed by atoms with Crippen LogP contribution in [0.1, 0.15) is 28.9 Å². The Bertz CT molecular complexity index is 1440. The number of hydrogen-bond acceptors (Lipinski definition) is 5. The van der Waals surface area contributed by atoms with Gasteiger partial charge in [-0.25, -0.2) is 17.6 Å². The molecule has 0 fully saturated rings. The Morgan fingerprint density at radius 1 is 1.26 bits per heavy atom. The smallest absolute Gasteiger partial charge is 0.274 e. The predicted molar refractivity (Wildman–Crippen MR) is 133 cm³/mol. The Morgan fingerprint density at radius 3 is 2.79 bits per heavy atom. The largest absolute Gasteiger partial charge is 0.493 e. The summed E-state index contributed by atoms with van der Waals surface area (Å²) in [6.07, 6.45) is 6.86. The molecule has 0 spiro atoms. The van der Waals surface area contributed by atoms with E-state index in [0.29, 0.717) is 29.5 Å². The molecule has 1 aliphatic heterocycles. The van der Waals surface area contributed by atoms with Crippen molar-refractivity contribution in [1.29, 1.82) is 0 Å². The lowest BCUT2D eigenvalue weighted by Crippen LogP contribution is -2.38. The van der Waals surface area contributed by atoms with E-state index in [4.69, 9.17) is 9.47 Å². The van der Waals surface area contributed by atoms with Crippen LogP contribution < -0.4 is 4.74 Å². The average Bonchev–Trinajstić information content (AvgIpc) is 3.26. The van der Waals surface area contributed by atoms with Crippen LogP contribution >= 0.6 is 0 Å². The number of nitrogens with zero attached hydrogens (tertiary/aromatic N) is 3. The number of hydrogen-bond donors (Lipinski definition) is 0. The van der Waals surface area contributed by atoms with Crippen LogP contribution in [0.5, 0.6) is 5.75 Å². The van der Waals surface area contributed by atoms with Gasteiger partial charge in [-0.2, -0.15) is 5.10 Å². The summed E-state index contributed by atoms with van der Waals surface area (Å²) in [5, 5.41) is 4.37. The lowest BCUT2D eigenvalue weighted by atomic mass is 9.98. The fourth-order valence-corrected chi connectivity index (χ4v) is 4.91. The van der Waals surface area contributed by atoms with Crippen molar-refractivity contribution in [2.24, 2.45) is 13.0 Å². The Labute approximate surface area is 221 Å². The number of fused-ring (bicyclic) bond motifs is 3. The maximum absolute atomic E-state index is 14.4. The highest BCUT2D eigenvalue weighted by Gasteiger charge is 2.32. The molecule has 2 heterocycles. The van der Waals surface area contributed by atoms with E-state index in [1.165, 1.54) is 33.9 Å². The number of aryl methyl sites for hydroxylation is 1. The highest BCUT2D eigenvalue weighted by atomic mass is 19.2. The first-order valence-electron chi connectivity index (χ1n) is 12.4. The van der Waals surface area contributed by atoms with Gasteiger partial charge in [0.05, 0.1) is 12.2 Å². The summed E-state index contributed by atoms with van der Waals surface area (Å²) >= 11 is 0. The topological polar surface area (TPSA) is 73.7 Å². The van der Waals surface area contributed by atoms with Crippen molar-refractivity contribution in [3.8, 4) is 17.0 Å². The number of amides is 1. The first-order valence-corrected chi connectivity index (χ1v) is 12.4. The molecule has 39 heavy (non-hydrogen) atoms. The van der Waals surface area contributed by atoms with E-state index < -0.39 is 29.5 Å². The number of aldehydes is 1. The van der Waals surface area contributed by atoms with Crippen molar-refractivity contribution in [3.05, 3.63) is 82.6 Å². The summed E-state index contributed by atoms with van der Waals surface area (Å²) in [6, 6.07) is 1.95. The lowest BCUT2D eigenvalue weighted by molar-refractivity contribution is -0.105. The molecule has 7 nitrogen and oxygen atoms in total. The minimum Gasteiger partial charge on any atom is -0.493 e. The lowest BCUT2D eigenvalue weighted by Gasteiger charge is -2.27. The van der Waals surface area contributed by atoms with Crippen molar-refractivity contribution in [2.75, 3.05) is 19.7 Å². The Kier molecular flexibility index (Phi) is 7.40. The maximum atomic E-state index is 14.4. The van der Waals surface area contributed by atoms with Gasteiger partial charge in [-0.05, 0) is 36.3 Å². The SMILES string of the molecule is Cn1nc(C(=O)N(CCOC2=CC=C(C=O)CC2F)CC2C=C(F)C=CC2)c2c1-c1cc(F)c(F)cc1OC2. The van der Waals surface area contributed by atoms with Gasteiger partial charge in [0.25, 0.3) is 5.91 Å². The molecular weight excluding hydrogens is 518 g/mol. The minimum absolute atomic E-state index is 0.0332. The van der Waals surface area contributed by atoms with Crippen LogP contribution in [0.4, 0.5) is 17.6 Å². The number of ether oxygens (including phenoxy) is 2. The first-order chi connectivity index (χ1) is 18.7. The van der Waals surface area contributed by atoms with Crippen LogP contribution in [-0.4, -0.2) is 52.7 Å². The van der Waals surface area contributed by atoms with E-state index in [9.17, 15) is 27.2 Å². The van der Waals surface area contributed by atoms with Gasteiger partial charge < -0.3 is 14.4 Å². The molecule has 2 aliphatic carbocycles. The minimum atomic E-state index is -1.48. The number of benzene rings is 1. The standard InChI is InChI=1S/C28H25F4N3O4/c1-34-27-19-11-21(30)22(31)12-25(19)39-15-20(27)26(33-34)28(37)35(13-16-3-2-4-18(29)9-16)7-8-38-24-6-5-17(14-36)10-23(24)32/h2,4-6,9,11-12,14,16,23H,3,7-8,10,13,15H2,1H3. The predicted octanol–water partition coefficient (Wildman–Crippen LogP) is 4.90. The normalized spacial score (nSPS) is 19.7. The van der Waals surface area contributed by atoms with Gasteiger partial charge in [-0.3, -0.25) is 14.3 Å². The molecule has 0 saturated heterocycles. The molecule has 204 valence electrons. The maximum Gasteiger partial charge on any atom is 0.274 e. The van der Waals surface area contributed by atoms with Crippen LogP contribution in [0.15, 0.2) is 59.7 Å². The average molecular weight is 544 g/mol. The van der Waals surface area contributed by atoms with E-state index in [2.05, 4.69) is 5.10 Å². The second kappa shape index (κ2) is 10.9. The molecule has 0 bridgehead atoms. The van der Waals surface area contributed by atoms with Gasteiger partial charge in [0.1, 0.15) is 36.8 Å². The van der Waals surface area contributed by atoms with Crippen LogP contribution in [0.2, 0.25) is 0 Å². The van der Waals surface area contributed by atoms with Crippen molar-refractivity contribution in [3.63, 3.8) is 0 Å². The zero-order valence-corrected chi connectivity index (χ0v) is 21.0. The summed E-state index contributed by atoms with van der Waals surface area (Å²) in [5.41, 5.74) is 1.46. The summed E-state index contributed by atoms with van der Waals surface area (Å²) in [4.78, 5) is 26.1. The molecule has 0 N–H and O–H groups in total. The highest BCUT2D eigenvalue weighted by Crippen LogP contribution is 2.40. The summed E-state index contributed by atoms with van der Waals surface area (Å²) < 4.78 is 68.8. The molecular formula is C28H25F4N3O4. The molecule has 3 aliphatic rings. The number of allylic oxidation sites excluding steroid dienone is 7. The van der Waals surface area contributed by atoms with E-state index in [1.54, 1.807) is 13.1 Å². The van der Waals surface area contributed by atoms with Gasteiger partial charge in [0.15, 0.2) is 23.5 Å². The Morgan fingerprint density at radius 2 is 2.05 bits per heavy atom. The second-order valence-corrected chi connectivity index (χ2v) is 9.50. The summed E-state index contributed by atoms with van der Waals surface area (Å²) in [6.45, 7) is 0.0202. The molecule has 2 atom stereocenters. The Balaban J connectivity index is 1.40. The molecule has 1 aromatic heterocycles. The first kappa shape index (κ1) is 26.5. The van der Waals surface area contributed by atoms with Gasteiger partial charge in [0.2, 0.25) is 0 Å². The van der Waals surface area contributed by atoms with E-state index in [0.717, 1.165) is 12.1 Å². The molecule has 5 rings (SSSR count). The van der Waals surface area contributed by atoms with E-state index in [1.807, 2.05) is 0 Å². The fourth-order valence-electron chi connectivity index (χ4n) is 4.91. The van der Waals surface area contributed by atoms with Gasteiger partial charge in [-0.15, -0.1) is 0 Å². The van der Waals surface area contributed by atoms with Gasteiger partial charge >= 0.3 is 0 Å². The van der Waals surface area contributed by atoms with Crippen LogP contribution in [0.3, 0.4) is 0 Å². The van der Waals surface area contributed by atoms with E-state index in [-0.39, 0.29) is 61.4 Å². The number of rotatable bonds is 8. The third-order valence-electron chi connectivity index (χ3n) is 6.82. The van der Waals surface area contributed by atoms with Crippen LogP contribution in [-0.2, 0) is 23.2 Å². The van der Waals surface area contributed by atoms with Gasteiger partial charge in [-0.1, -0.05) is 12.2 Å². The molecule has 1 aromatic carbocycles. The number of alkyl halides is 1. The molecule has 1 amide bonds. The van der Waals surface area contributed by atoms with Gasteiger partial charge in [0, 0.05) is 43.1 Å². The van der Waals surface area contributed by atoms with Crippen molar-refractivity contribution in [2.45, 2.75) is 25.6 Å². The number of halogens is 4. The van der Waals surface area contributed by atoms with Crippen molar-refractivity contribution >= 4 is 12.2 Å². The number of carbonyl (C=O) groups excluding carboxylic acids is 2. The zero-order chi connectivity index (χ0) is 27.7. The van der Waals surface area contributed by atoms with Crippen LogP contribution in [0, 0.1) is 17.6 Å². The molecule has 11 heteroatoms. The van der Waals surface area contributed by atoms with Crippen LogP contribution in [0.25, 0.3) is 11.3 Å². The van der Waals surface area contributed by atoms with E-state index >= 15 is 0 Å². The summed E-state index contributed by atoms with van der Waals surface area (Å²) in [5.74, 6) is -3.14. The Hall–Kier alpha value is -4.15. The number of aromatic nitrogens is 2. The zero-order valence-electron chi connectivity index (χ0n) is 21.0. The molecule has 2 unspecified atom stereocenters. The third-order valence-corrected chi connectivity index (χ3v) is 6.82. The molecule has 0 radical (unpaired) electrons. The molecule has 2 aromatic rings. The van der Waals surface area contributed by atoms with Crippen molar-refractivity contribution in [1.82, 2.24) is 14.7 Å². The number of carbonyl (C=O) groups is 2. The summed E-state index contributed by atoms with van der Waals surface area (Å²) in [7, 11) is 1.58. The quantitative estimate of drug-likeness (QED) is 0.350. The monoisotopic (exact) mass is 543 g/mol. The molecule has 0 saturated carbocycles. The van der Waals surface area contributed by atoms with Crippen molar-refractivity contribution < 1.29 is 36.6 Å². The second-order valence-electron chi connectivity index (χ2n) is 9.50. The fraction of sp³-hybridized carbons (Fsp3) is 0.321. The highest BCUT2D eigenvalue weighted by molar-refractivity contribution is 5.96.